The van der Waals surface area contributed by atoms with Gasteiger partial charge in [0.15, 0.2) is 9.84 Å². The topological polar surface area (TPSA) is 144 Å². The van der Waals surface area contributed by atoms with Crippen molar-refractivity contribution in [3.8, 4) is 0 Å². The molecule has 0 aromatic heterocycles. The number of nitrogens with two attached hydrogens (primary N) is 1. The highest BCUT2D eigenvalue weighted by Crippen LogP contribution is 2.25. The van der Waals surface area contributed by atoms with Crippen LogP contribution in [-0.2, 0) is 19.9 Å². The fourth-order valence-corrected chi connectivity index (χ4v) is 6.18. The molecule has 1 saturated heterocycles. The van der Waals surface area contributed by atoms with Crippen molar-refractivity contribution in [2.24, 2.45) is 0 Å². The lowest BCUT2D eigenvalue weighted by molar-refractivity contribution is 0.0698. The molecule has 4 N–H and O–H groups in total. The first-order valence-electron chi connectivity index (χ1n) is 5.95. The molecule has 0 spiro atoms. The van der Waals surface area contributed by atoms with Crippen LogP contribution in [0.3, 0.4) is 0 Å². The number of sulfonamides is 1. The number of sulfone groups is 1. The van der Waals surface area contributed by atoms with Crippen LogP contribution < -0.4 is 10.5 Å². The molecule has 0 amide bonds. The van der Waals surface area contributed by atoms with Gasteiger partial charge in [-0.25, -0.2) is 21.6 Å². The van der Waals surface area contributed by atoms with Crippen LogP contribution in [0.5, 0.6) is 0 Å². The van der Waals surface area contributed by atoms with Crippen molar-refractivity contribution in [2.45, 2.75) is 11.7 Å². The molecule has 0 bridgehead atoms. The lowest BCUT2D eigenvalue weighted by Gasteiger charge is -2.14. The fourth-order valence-electron chi connectivity index (χ4n) is 2.07. The summed E-state index contributed by atoms with van der Waals surface area (Å²) in [5, 5.41) is 7.97. The maximum absolute atomic E-state index is 12.2. The SMILES string of the molecule is Nc1ccc(NS(=O)(=O)C2CCS(=O)(=O)C2)c(C(=O)O)c1. The van der Waals surface area contributed by atoms with Crippen LogP contribution >= 0.6 is 0 Å². The normalized spacial score (nSPS) is 21.0. The van der Waals surface area contributed by atoms with E-state index in [1.807, 2.05) is 0 Å². The number of hydrogen-bond donors (Lipinski definition) is 3. The Kier molecular flexibility index (Phi) is 3.85. The van der Waals surface area contributed by atoms with Crippen LogP contribution in [0.15, 0.2) is 18.2 Å². The zero-order valence-corrected chi connectivity index (χ0v) is 12.4. The van der Waals surface area contributed by atoms with Gasteiger partial charge >= 0.3 is 5.97 Å². The zero-order chi connectivity index (χ0) is 15.8. The molecule has 1 aromatic carbocycles. The van der Waals surface area contributed by atoms with Crippen molar-refractivity contribution in [1.29, 1.82) is 0 Å². The largest absolute Gasteiger partial charge is 0.478 e. The summed E-state index contributed by atoms with van der Waals surface area (Å²) in [5.74, 6) is -1.98. The molecule has 116 valence electrons. The van der Waals surface area contributed by atoms with E-state index in [1.165, 1.54) is 12.1 Å². The van der Waals surface area contributed by atoms with E-state index in [2.05, 4.69) is 4.72 Å². The van der Waals surface area contributed by atoms with Crippen LogP contribution in [0.1, 0.15) is 16.8 Å². The molecule has 1 atom stereocenters. The van der Waals surface area contributed by atoms with Crippen molar-refractivity contribution in [3.05, 3.63) is 23.8 Å². The molecule has 0 aliphatic carbocycles. The van der Waals surface area contributed by atoms with Gasteiger partial charge in [0, 0.05) is 5.69 Å². The molecule has 2 rings (SSSR count). The standard InChI is InChI=1S/C11H14N2O6S2/c12-7-1-2-10(9(5-7)11(14)15)13-21(18,19)8-3-4-20(16,17)6-8/h1-2,5,8,13H,3-4,6,12H2,(H,14,15). The summed E-state index contributed by atoms with van der Waals surface area (Å²) in [4.78, 5) is 11.1. The molecule has 1 aliphatic heterocycles. The number of rotatable bonds is 4. The number of aromatic carboxylic acids is 1. The van der Waals surface area contributed by atoms with Crippen LogP contribution in [0, 0.1) is 0 Å². The second kappa shape index (κ2) is 5.19. The quantitative estimate of drug-likeness (QED) is 0.652. The van der Waals surface area contributed by atoms with E-state index in [-0.39, 0.29) is 29.1 Å². The first-order chi connectivity index (χ1) is 9.61. The van der Waals surface area contributed by atoms with Crippen molar-refractivity contribution in [1.82, 2.24) is 0 Å². The van der Waals surface area contributed by atoms with E-state index in [4.69, 9.17) is 10.8 Å². The van der Waals surface area contributed by atoms with Crippen molar-refractivity contribution < 1.29 is 26.7 Å². The van der Waals surface area contributed by atoms with Gasteiger partial charge < -0.3 is 10.8 Å². The zero-order valence-electron chi connectivity index (χ0n) is 10.8. The maximum Gasteiger partial charge on any atom is 0.337 e. The number of nitrogen functional groups attached to an aromatic ring is 1. The highest BCUT2D eigenvalue weighted by atomic mass is 32.2. The molecule has 8 nitrogen and oxygen atoms in total. The third kappa shape index (κ3) is 3.45. The molecule has 1 heterocycles. The first-order valence-corrected chi connectivity index (χ1v) is 9.32. The van der Waals surface area contributed by atoms with Crippen LogP contribution in [0.4, 0.5) is 11.4 Å². The molecule has 1 aromatic rings. The lowest BCUT2D eigenvalue weighted by atomic mass is 10.1. The molecule has 10 heteroatoms. The average molecular weight is 334 g/mol. The van der Waals surface area contributed by atoms with E-state index in [0.717, 1.165) is 6.07 Å². The predicted octanol–water partition coefficient (Wildman–Crippen LogP) is -0.104. The molecule has 0 saturated carbocycles. The Bertz CT molecular complexity index is 785. The van der Waals surface area contributed by atoms with Crippen molar-refractivity contribution >= 4 is 37.2 Å². The van der Waals surface area contributed by atoms with Crippen LogP contribution in [-0.4, -0.2) is 44.7 Å². The van der Waals surface area contributed by atoms with Gasteiger partial charge in [-0.3, -0.25) is 4.72 Å². The van der Waals surface area contributed by atoms with Gasteiger partial charge in [0.2, 0.25) is 10.0 Å². The number of carboxylic acids is 1. The summed E-state index contributed by atoms with van der Waals surface area (Å²) < 4.78 is 49.2. The number of nitrogens with one attached hydrogen (secondary N) is 1. The second-order valence-corrected chi connectivity index (χ2v) is 8.97. The molecule has 21 heavy (non-hydrogen) atoms. The summed E-state index contributed by atoms with van der Waals surface area (Å²) in [7, 11) is -7.35. The van der Waals surface area contributed by atoms with Gasteiger partial charge in [-0.15, -0.1) is 0 Å². The third-order valence-electron chi connectivity index (χ3n) is 3.16. The first kappa shape index (κ1) is 15.6. The Morgan fingerprint density at radius 2 is 2.05 bits per heavy atom. The minimum Gasteiger partial charge on any atom is -0.478 e. The third-order valence-corrected chi connectivity index (χ3v) is 6.92. The van der Waals surface area contributed by atoms with Gasteiger partial charge in [-0.05, 0) is 24.6 Å². The molecule has 0 radical (unpaired) electrons. The maximum atomic E-state index is 12.2. The smallest absolute Gasteiger partial charge is 0.337 e. The van der Waals surface area contributed by atoms with E-state index in [1.54, 1.807) is 0 Å². The fraction of sp³-hybridized carbons (Fsp3) is 0.364. The molecular weight excluding hydrogens is 320 g/mol. The molecule has 1 fully saturated rings. The Morgan fingerprint density at radius 3 is 2.57 bits per heavy atom. The Morgan fingerprint density at radius 1 is 1.38 bits per heavy atom. The Labute approximate surface area is 121 Å². The van der Waals surface area contributed by atoms with Crippen molar-refractivity contribution in [2.75, 3.05) is 22.0 Å². The van der Waals surface area contributed by atoms with Gasteiger partial charge in [0.1, 0.15) is 0 Å². The van der Waals surface area contributed by atoms with Gasteiger partial charge in [0.05, 0.1) is 28.0 Å². The lowest BCUT2D eigenvalue weighted by Crippen LogP contribution is -2.29. The number of carbonyl (C=O) groups is 1. The monoisotopic (exact) mass is 334 g/mol. The number of benzene rings is 1. The van der Waals surface area contributed by atoms with Gasteiger partial charge in [-0.2, -0.15) is 0 Å². The Hall–Kier alpha value is -1.81. The average Bonchev–Trinajstić information content (AvgIpc) is 2.72. The van der Waals surface area contributed by atoms with E-state index < -0.39 is 36.8 Å². The van der Waals surface area contributed by atoms with Gasteiger partial charge in [-0.1, -0.05) is 0 Å². The molecule has 1 unspecified atom stereocenters. The van der Waals surface area contributed by atoms with E-state index >= 15 is 0 Å². The van der Waals surface area contributed by atoms with E-state index in [0.29, 0.717) is 0 Å². The minimum absolute atomic E-state index is 0.00492. The van der Waals surface area contributed by atoms with Crippen LogP contribution in [0.25, 0.3) is 0 Å². The Balaban J connectivity index is 2.32. The predicted molar refractivity (Wildman–Crippen MR) is 77.4 cm³/mol. The number of hydrogen-bond acceptors (Lipinski definition) is 6. The molecule has 1 aliphatic rings. The minimum atomic E-state index is -3.99. The van der Waals surface area contributed by atoms with Crippen molar-refractivity contribution in [3.63, 3.8) is 0 Å². The highest BCUT2D eigenvalue weighted by molar-refractivity contribution is 7.97. The van der Waals surface area contributed by atoms with E-state index in [9.17, 15) is 21.6 Å². The summed E-state index contributed by atoms with van der Waals surface area (Å²) in [6, 6.07) is 3.72. The number of anilines is 2. The molecular formula is C11H14N2O6S2. The summed E-state index contributed by atoms with van der Waals surface area (Å²) in [5.41, 5.74) is 5.22. The second-order valence-electron chi connectivity index (χ2n) is 4.78. The van der Waals surface area contributed by atoms with Crippen LogP contribution in [0.2, 0.25) is 0 Å². The number of carboxylic acid groups (broad SMARTS) is 1. The summed E-state index contributed by atoms with van der Waals surface area (Å²) in [6.45, 7) is 0. The summed E-state index contributed by atoms with van der Waals surface area (Å²) >= 11 is 0. The van der Waals surface area contributed by atoms with Gasteiger partial charge in [0.25, 0.3) is 0 Å². The highest BCUT2D eigenvalue weighted by Gasteiger charge is 2.37. The summed E-state index contributed by atoms with van der Waals surface area (Å²) in [6.07, 6.45) is -0.00492.